The summed E-state index contributed by atoms with van der Waals surface area (Å²) in [6, 6.07) is 7.48. The first-order chi connectivity index (χ1) is 21.7. The number of nitrogens with one attached hydrogen (secondary N) is 2. The van der Waals surface area contributed by atoms with E-state index in [1.165, 1.54) is 24.1 Å². The van der Waals surface area contributed by atoms with Crippen LogP contribution >= 0.6 is 11.3 Å². The van der Waals surface area contributed by atoms with E-state index in [0.29, 0.717) is 17.8 Å². The number of carboxylic acids is 1. The third-order valence-electron chi connectivity index (χ3n) is 7.96. The average molecular weight is 661 g/mol. The largest absolute Gasteiger partial charge is 0.481 e. The zero-order chi connectivity index (χ0) is 34.6. The Labute approximate surface area is 274 Å². The van der Waals surface area contributed by atoms with Crippen molar-refractivity contribution in [2.24, 2.45) is 17.8 Å². The van der Waals surface area contributed by atoms with Crippen LogP contribution in [0.15, 0.2) is 35.7 Å². The molecule has 13 heteroatoms. The molecule has 2 rings (SSSR count). The van der Waals surface area contributed by atoms with E-state index in [4.69, 9.17) is 4.74 Å². The van der Waals surface area contributed by atoms with E-state index in [-0.39, 0.29) is 36.3 Å². The van der Waals surface area contributed by atoms with Crippen LogP contribution in [0.2, 0.25) is 0 Å². The van der Waals surface area contributed by atoms with Gasteiger partial charge in [0.2, 0.25) is 11.8 Å². The first kappa shape index (κ1) is 38.3. The van der Waals surface area contributed by atoms with Gasteiger partial charge in [0.25, 0.3) is 5.91 Å². The molecule has 0 saturated carbocycles. The molecule has 0 radical (unpaired) electrons. The van der Waals surface area contributed by atoms with Crippen LogP contribution in [0.3, 0.4) is 0 Å². The number of amides is 3. The van der Waals surface area contributed by atoms with Gasteiger partial charge in [-0.3, -0.25) is 24.0 Å². The quantitative estimate of drug-likeness (QED) is 0.136. The molecule has 3 amide bonds. The Morgan fingerprint density at radius 3 is 2.17 bits per heavy atom. The molecule has 0 aliphatic rings. The Morgan fingerprint density at radius 2 is 1.65 bits per heavy atom. The summed E-state index contributed by atoms with van der Waals surface area (Å²) in [5, 5.41) is 27.3. The van der Waals surface area contributed by atoms with E-state index in [2.05, 4.69) is 15.6 Å². The van der Waals surface area contributed by atoms with Crippen molar-refractivity contribution in [3.63, 3.8) is 0 Å². The van der Waals surface area contributed by atoms with Gasteiger partial charge in [-0.25, -0.2) is 4.98 Å². The van der Waals surface area contributed by atoms with Crippen molar-refractivity contribution in [2.45, 2.75) is 98.4 Å². The number of aromatic nitrogens is 1. The van der Waals surface area contributed by atoms with E-state index in [0.717, 1.165) is 16.9 Å². The molecular formula is C33H48N4O8S. The predicted octanol–water partition coefficient (Wildman–Crippen LogP) is 3.94. The normalized spacial score (nSPS) is 15.2. The molecule has 6 atom stereocenters. The first-order valence-corrected chi connectivity index (χ1v) is 16.4. The van der Waals surface area contributed by atoms with Crippen molar-refractivity contribution in [1.29, 1.82) is 0 Å². The second-order valence-corrected chi connectivity index (χ2v) is 13.0. The summed E-state index contributed by atoms with van der Waals surface area (Å²) in [6.45, 7) is 11.0. The molecule has 1 aromatic carbocycles. The van der Waals surface area contributed by atoms with Crippen molar-refractivity contribution in [3.05, 3.63) is 52.0 Å². The van der Waals surface area contributed by atoms with Gasteiger partial charge in [-0.1, -0.05) is 71.4 Å². The summed E-state index contributed by atoms with van der Waals surface area (Å²) in [7, 11) is 0. The number of carbonyl (C=O) groups is 5. The zero-order valence-electron chi connectivity index (χ0n) is 27.7. The second-order valence-electron chi connectivity index (χ2n) is 12.1. The summed E-state index contributed by atoms with van der Waals surface area (Å²) in [6.07, 6.45) is 0.393. The van der Waals surface area contributed by atoms with E-state index < -0.39 is 60.6 Å². The van der Waals surface area contributed by atoms with Crippen LogP contribution in [0.1, 0.15) is 94.9 Å². The molecule has 0 bridgehead atoms. The fourth-order valence-electron chi connectivity index (χ4n) is 5.22. The van der Waals surface area contributed by atoms with Gasteiger partial charge in [0.15, 0.2) is 6.10 Å². The van der Waals surface area contributed by atoms with E-state index in [1.54, 1.807) is 6.92 Å². The molecule has 1 heterocycles. The van der Waals surface area contributed by atoms with Crippen molar-refractivity contribution < 1.29 is 38.9 Å². The Balaban J connectivity index is 2.35. The monoisotopic (exact) mass is 660 g/mol. The molecule has 46 heavy (non-hydrogen) atoms. The number of thiazole rings is 1. The second kappa shape index (κ2) is 18.3. The summed E-state index contributed by atoms with van der Waals surface area (Å²) in [5.41, 5.74) is 1.02. The standard InChI is InChI=1S/C33H48N4O8S/c1-8-20(4)29(34-22(6)39)32(42)37(18-38)27(19(2)3)16-28(45-23(7)40)31-36-26(17-46-31)30(41)35-25(14-21(5)33(43)44)15-24-12-10-9-11-13-24/h9-13,17,19-21,25,27-29,38H,8,14-16,18H2,1-7H3,(H,34,39)(H,35,41)(H,43,44)/t20-,21-,25+,27+,28+,29-/m0/s1. The molecule has 2 aromatic rings. The highest BCUT2D eigenvalue weighted by Gasteiger charge is 2.37. The summed E-state index contributed by atoms with van der Waals surface area (Å²) in [4.78, 5) is 68.4. The number of hydrogen-bond donors (Lipinski definition) is 4. The average Bonchev–Trinajstić information content (AvgIpc) is 3.49. The molecular weight excluding hydrogens is 612 g/mol. The van der Waals surface area contributed by atoms with Gasteiger partial charge in [-0.05, 0) is 30.2 Å². The Morgan fingerprint density at radius 1 is 1.00 bits per heavy atom. The first-order valence-electron chi connectivity index (χ1n) is 15.6. The summed E-state index contributed by atoms with van der Waals surface area (Å²) >= 11 is 1.12. The summed E-state index contributed by atoms with van der Waals surface area (Å²) in [5.74, 6) is -3.95. The maximum atomic E-state index is 13.7. The van der Waals surface area contributed by atoms with E-state index in [9.17, 15) is 34.2 Å². The number of benzene rings is 1. The van der Waals surface area contributed by atoms with E-state index >= 15 is 0 Å². The minimum Gasteiger partial charge on any atom is -0.481 e. The molecule has 0 aliphatic carbocycles. The lowest BCUT2D eigenvalue weighted by Gasteiger charge is -2.38. The van der Waals surface area contributed by atoms with E-state index in [1.807, 2.05) is 58.0 Å². The Hall–Kier alpha value is -3.84. The fraction of sp³-hybridized carbons (Fsp3) is 0.576. The van der Waals surface area contributed by atoms with Crippen LogP contribution in [-0.4, -0.2) is 74.6 Å². The molecule has 0 unspecified atom stereocenters. The SMILES string of the molecule is CC[C@H](C)[C@H](NC(C)=O)C(=O)N(CO)[C@H](C[C@@H](OC(C)=O)c1nc(C(=O)N[C@@H](Cc2ccccc2)C[C@H](C)C(=O)O)cs1)C(C)C. The lowest BCUT2D eigenvalue weighted by Crippen LogP contribution is -2.55. The fourth-order valence-corrected chi connectivity index (χ4v) is 6.05. The number of ether oxygens (including phenoxy) is 1. The maximum Gasteiger partial charge on any atom is 0.306 e. The van der Waals surface area contributed by atoms with Gasteiger partial charge >= 0.3 is 11.9 Å². The van der Waals surface area contributed by atoms with Gasteiger partial charge < -0.3 is 30.5 Å². The molecule has 0 aliphatic heterocycles. The summed E-state index contributed by atoms with van der Waals surface area (Å²) < 4.78 is 5.64. The lowest BCUT2D eigenvalue weighted by atomic mass is 9.93. The van der Waals surface area contributed by atoms with Gasteiger partial charge in [0, 0.05) is 37.7 Å². The Kier molecular flexibility index (Phi) is 15.3. The number of aliphatic carboxylic acids is 1. The van der Waals surface area contributed by atoms with Crippen LogP contribution in [0.25, 0.3) is 0 Å². The number of aliphatic hydroxyl groups is 1. The van der Waals surface area contributed by atoms with Crippen LogP contribution in [0.5, 0.6) is 0 Å². The van der Waals surface area contributed by atoms with Gasteiger partial charge in [0.1, 0.15) is 23.5 Å². The van der Waals surface area contributed by atoms with Crippen molar-refractivity contribution in [1.82, 2.24) is 20.5 Å². The smallest absolute Gasteiger partial charge is 0.306 e. The number of aliphatic hydroxyl groups excluding tert-OH is 1. The highest BCUT2D eigenvalue weighted by molar-refractivity contribution is 7.09. The number of nitrogens with zero attached hydrogens (tertiary/aromatic N) is 2. The van der Waals surface area contributed by atoms with Crippen molar-refractivity contribution in [3.8, 4) is 0 Å². The maximum absolute atomic E-state index is 13.7. The third kappa shape index (κ3) is 11.5. The molecule has 1 aromatic heterocycles. The minimum atomic E-state index is -0.963. The molecule has 0 saturated heterocycles. The highest BCUT2D eigenvalue weighted by Crippen LogP contribution is 2.31. The van der Waals surface area contributed by atoms with Crippen molar-refractivity contribution >= 4 is 41.0 Å². The third-order valence-corrected chi connectivity index (χ3v) is 8.89. The van der Waals surface area contributed by atoms with Gasteiger partial charge in [-0.2, -0.15) is 0 Å². The predicted molar refractivity (Wildman–Crippen MR) is 174 cm³/mol. The molecule has 254 valence electrons. The van der Waals surface area contributed by atoms with Crippen LogP contribution in [0.4, 0.5) is 0 Å². The molecule has 12 nitrogen and oxygen atoms in total. The van der Waals surface area contributed by atoms with Crippen LogP contribution < -0.4 is 10.6 Å². The number of hydrogen-bond acceptors (Lipinski definition) is 9. The van der Waals surface area contributed by atoms with Gasteiger partial charge in [0.05, 0.1) is 5.92 Å². The zero-order valence-corrected chi connectivity index (χ0v) is 28.5. The van der Waals surface area contributed by atoms with Gasteiger partial charge in [-0.15, -0.1) is 11.3 Å². The molecule has 0 fully saturated rings. The number of carbonyl (C=O) groups excluding carboxylic acids is 4. The topological polar surface area (TPSA) is 175 Å². The lowest BCUT2D eigenvalue weighted by molar-refractivity contribution is -0.151. The minimum absolute atomic E-state index is 0.0804. The van der Waals surface area contributed by atoms with Crippen LogP contribution in [0, 0.1) is 17.8 Å². The number of esters is 1. The number of carboxylic acid groups (broad SMARTS) is 1. The number of rotatable bonds is 18. The van der Waals surface area contributed by atoms with Crippen LogP contribution in [-0.2, 0) is 30.3 Å². The Bertz CT molecular complexity index is 1320. The van der Waals surface area contributed by atoms with Crippen molar-refractivity contribution in [2.75, 3.05) is 6.73 Å². The molecule has 0 spiro atoms. The molecule has 4 N–H and O–H groups in total. The highest BCUT2D eigenvalue weighted by atomic mass is 32.1.